The van der Waals surface area contributed by atoms with Gasteiger partial charge in [0.25, 0.3) is 5.91 Å². The van der Waals surface area contributed by atoms with Gasteiger partial charge in [0.2, 0.25) is 0 Å². The molecule has 0 bridgehead atoms. The van der Waals surface area contributed by atoms with Gasteiger partial charge in [0, 0.05) is 29.4 Å². The molecule has 2 heterocycles. The van der Waals surface area contributed by atoms with E-state index in [1.54, 1.807) is 36.4 Å². The van der Waals surface area contributed by atoms with Crippen LogP contribution in [0.2, 0.25) is 15.1 Å². The summed E-state index contributed by atoms with van der Waals surface area (Å²) in [4.78, 5) is 14.8. The summed E-state index contributed by atoms with van der Waals surface area (Å²) >= 11 is 18.5. The van der Waals surface area contributed by atoms with Crippen molar-refractivity contribution in [1.29, 1.82) is 0 Å². The predicted molar refractivity (Wildman–Crippen MR) is 115 cm³/mol. The van der Waals surface area contributed by atoms with Crippen LogP contribution in [0.4, 0.5) is 11.4 Å². The van der Waals surface area contributed by atoms with Crippen LogP contribution in [0, 0.1) is 0 Å². The van der Waals surface area contributed by atoms with Gasteiger partial charge in [-0.25, -0.2) is 0 Å². The van der Waals surface area contributed by atoms with E-state index in [1.807, 2.05) is 12.1 Å². The zero-order chi connectivity index (χ0) is 19.7. The molecule has 4 nitrogen and oxygen atoms in total. The Morgan fingerprint density at radius 3 is 2.43 bits per heavy atom. The first-order valence-electron chi connectivity index (χ1n) is 8.92. The largest absolute Gasteiger partial charge is 0.451 e. The molecule has 1 N–H and O–H groups in total. The number of rotatable bonds is 4. The van der Waals surface area contributed by atoms with E-state index in [-0.39, 0.29) is 11.7 Å². The molecule has 0 unspecified atom stereocenters. The highest BCUT2D eigenvalue weighted by molar-refractivity contribution is 6.36. The van der Waals surface area contributed by atoms with Crippen molar-refractivity contribution in [2.75, 3.05) is 23.3 Å². The fraction of sp³-hybridized carbons (Fsp3) is 0.190. The minimum Gasteiger partial charge on any atom is -0.451 e. The van der Waals surface area contributed by atoms with Crippen LogP contribution in [0.1, 0.15) is 23.4 Å². The highest BCUT2D eigenvalue weighted by atomic mass is 35.5. The standard InChI is InChI=1S/C21H17Cl3N2O2/c22-13-3-5-15(16(23)11-13)19-7-8-20(28-19)21(27)25-14-4-6-18(17(24)12-14)26-9-1-2-10-26/h3-8,11-12H,1-2,9-10H2,(H,25,27). The average molecular weight is 436 g/mol. The highest BCUT2D eigenvalue weighted by Gasteiger charge is 2.17. The van der Waals surface area contributed by atoms with Crippen LogP contribution in [-0.4, -0.2) is 19.0 Å². The molecule has 0 atom stereocenters. The summed E-state index contributed by atoms with van der Waals surface area (Å²) in [5.41, 5.74) is 2.28. The second kappa shape index (κ2) is 8.08. The Labute approximate surface area is 178 Å². The molecule has 1 aliphatic rings. The van der Waals surface area contributed by atoms with Gasteiger partial charge in [-0.05, 0) is 61.4 Å². The van der Waals surface area contributed by atoms with Crippen molar-refractivity contribution in [3.8, 4) is 11.3 Å². The van der Waals surface area contributed by atoms with Crippen LogP contribution in [-0.2, 0) is 0 Å². The van der Waals surface area contributed by atoms with Gasteiger partial charge in [-0.15, -0.1) is 0 Å². The van der Waals surface area contributed by atoms with E-state index in [9.17, 15) is 4.79 Å². The van der Waals surface area contributed by atoms with Gasteiger partial charge in [-0.1, -0.05) is 34.8 Å². The van der Waals surface area contributed by atoms with Gasteiger partial charge in [-0.3, -0.25) is 4.79 Å². The minimum atomic E-state index is -0.360. The molecule has 144 valence electrons. The summed E-state index contributed by atoms with van der Waals surface area (Å²) in [6.07, 6.45) is 2.35. The molecule has 0 radical (unpaired) electrons. The van der Waals surface area contributed by atoms with E-state index in [2.05, 4.69) is 10.2 Å². The Morgan fingerprint density at radius 1 is 0.929 bits per heavy atom. The van der Waals surface area contributed by atoms with Crippen molar-refractivity contribution in [3.63, 3.8) is 0 Å². The van der Waals surface area contributed by atoms with E-state index in [1.165, 1.54) is 12.8 Å². The third kappa shape index (κ3) is 4.00. The fourth-order valence-electron chi connectivity index (χ4n) is 3.29. The first-order valence-corrected chi connectivity index (χ1v) is 10.1. The summed E-state index contributed by atoms with van der Waals surface area (Å²) in [5.74, 6) is 0.316. The number of hydrogen-bond acceptors (Lipinski definition) is 3. The number of anilines is 2. The van der Waals surface area contributed by atoms with Gasteiger partial charge in [0.05, 0.1) is 15.7 Å². The molecule has 3 aromatic rings. The van der Waals surface area contributed by atoms with E-state index in [0.717, 1.165) is 18.8 Å². The Kier molecular flexibility index (Phi) is 5.54. The number of nitrogens with one attached hydrogen (secondary N) is 1. The maximum absolute atomic E-state index is 12.5. The number of hydrogen-bond donors (Lipinski definition) is 1. The number of halogens is 3. The van der Waals surface area contributed by atoms with E-state index < -0.39 is 0 Å². The van der Waals surface area contributed by atoms with Crippen LogP contribution in [0.3, 0.4) is 0 Å². The second-order valence-electron chi connectivity index (χ2n) is 6.60. The Bertz CT molecular complexity index is 1030. The van der Waals surface area contributed by atoms with Crippen LogP contribution in [0.5, 0.6) is 0 Å². The lowest BCUT2D eigenvalue weighted by atomic mass is 10.2. The van der Waals surface area contributed by atoms with Gasteiger partial charge in [0.1, 0.15) is 5.76 Å². The molecule has 1 fully saturated rings. The molecule has 1 aromatic heterocycles. The van der Waals surface area contributed by atoms with Crippen molar-refractivity contribution in [3.05, 3.63) is 69.4 Å². The highest BCUT2D eigenvalue weighted by Crippen LogP contribution is 2.33. The number of carbonyl (C=O) groups is 1. The number of nitrogens with zero attached hydrogens (tertiary/aromatic N) is 1. The lowest BCUT2D eigenvalue weighted by Gasteiger charge is -2.19. The third-order valence-electron chi connectivity index (χ3n) is 4.68. The SMILES string of the molecule is O=C(Nc1ccc(N2CCCC2)c(Cl)c1)c1ccc(-c2ccc(Cl)cc2Cl)o1. The number of furan rings is 1. The summed E-state index contributed by atoms with van der Waals surface area (Å²) in [6, 6.07) is 13.9. The molecule has 7 heteroatoms. The lowest BCUT2D eigenvalue weighted by molar-refractivity contribution is 0.0997. The zero-order valence-electron chi connectivity index (χ0n) is 14.8. The normalized spacial score (nSPS) is 13.8. The van der Waals surface area contributed by atoms with Crippen molar-refractivity contribution < 1.29 is 9.21 Å². The van der Waals surface area contributed by atoms with Crippen molar-refractivity contribution in [1.82, 2.24) is 0 Å². The molecule has 1 saturated heterocycles. The van der Waals surface area contributed by atoms with E-state index in [0.29, 0.717) is 32.1 Å². The van der Waals surface area contributed by atoms with Gasteiger partial charge in [0.15, 0.2) is 5.76 Å². The Morgan fingerprint density at radius 2 is 1.71 bits per heavy atom. The van der Waals surface area contributed by atoms with E-state index in [4.69, 9.17) is 39.2 Å². The Balaban J connectivity index is 1.50. The monoisotopic (exact) mass is 434 g/mol. The van der Waals surface area contributed by atoms with Crippen molar-refractivity contribution in [2.24, 2.45) is 0 Å². The van der Waals surface area contributed by atoms with Crippen LogP contribution in [0.25, 0.3) is 11.3 Å². The first kappa shape index (κ1) is 19.2. The van der Waals surface area contributed by atoms with Crippen LogP contribution in [0.15, 0.2) is 52.9 Å². The summed E-state index contributed by atoms with van der Waals surface area (Å²) in [7, 11) is 0. The van der Waals surface area contributed by atoms with E-state index >= 15 is 0 Å². The Hall–Kier alpha value is -2.14. The average Bonchev–Trinajstić information content (AvgIpc) is 3.34. The molecule has 4 rings (SSSR count). The summed E-state index contributed by atoms with van der Waals surface area (Å²) in [6.45, 7) is 2.02. The number of carbonyl (C=O) groups excluding carboxylic acids is 1. The maximum Gasteiger partial charge on any atom is 0.291 e. The van der Waals surface area contributed by atoms with Crippen molar-refractivity contribution >= 4 is 52.1 Å². The molecular weight excluding hydrogens is 419 g/mol. The second-order valence-corrected chi connectivity index (χ2v) is 7.85. The van der Waals surface area contributed by atoms with Gasteiger partial charge < -0.3 is 14.6 Å². The maximum atomic E-state index is 12.5. The quantitative estimate of drug-likeness (QED) is 0.492. The topological polar surface area (TPSA) is 45.5 Å². The molecular formula is C21H17Cl3N2O2. The smallest absolute Gasteiger partial charge is 0.291 e. The minimum absolute atomic E-state index is 0.181. The molecule has 1 amide bonds. The van der Waals surface area contributed by atoms with Crippen molar-refractivity contribution in [2.45, 2.75) is 12.8 Å². The number of benzene rings is 2. The molecule has 2 aromatic carbocycles. The third-order valence-corrected chi connectivity index (χ3v) is 5.53. The summed E-state index contributed by atoms with van der Waals surface area (Å²) in [5, 5.41) is 4.43. The lowest BCUT2D eigenvalue weighted by Crippen LogP contribution is -2.18. The van der Waals surface area contributed by atoms with Gasteiger partial charge >= 0.3 is 0 Å². The summed E-state index contributed by atoms with van der Waals surface area (Å²) < 4.78 is 5.68. The molecule has 28 heavy (non-hydrogen) atoms. The van der Waals surface area contributed by atoms with Gasteiger partial charge in [-0.2, -0.15) is 0 Å². The predicted octanol–water partition coefficient (Wildman–Crippen LogP) is 6.76. The zero-order valence-corrected chi connectivity index (χ0v) is 17.1. The molecule has 0 saturated carbocycles. The fourth-order valence-corrected chi connectivity index (χ4v) is 4.09. The van der Waals surface area contributed by atoms with Crippen LogP contribution < -0.4 is 10.2 Å². The number of amides is 1. The molecule has 0 spiro atoms. The first-order chi connectivity index (χ1) is 13.5. The van der Waals surface area contributed by atoms with Crippen LogP contribution >= 0.6 is 34.8 Å². The molecule has 1 aliphatic heterocycles. The molecule has 0 aliphatic carbocycles.